The standard InChI is InChI=1S/C18H23N3O2/c1-13-4-9-16(22)21(11-13)12-18(2,3)17(23)20-15-7-5-14(10-19)6-8-15/h4-9,11H,10,12,19H2,1-3H3,(H,20,23). The highest BCUT2D eigenvalue weighted by molar-refractivity contribution is 5.94. The van der Waals surface area contributed by atoms with Gasteiger partial charge >= 0.3 is 0 Å². The number of hydrogen-bond acceptors (Lipinski definition) is 3. The number of anilines is 1. The number of nitrogens with one attached hydrogen (secondary N) is 1. The molecule has 0 fully saturated rings. The zero-order valence-corrected chi connectivity index (χ0v) is 13.8. The normalized spacial score (nSPS) is 11.3. The van der Waals surface area contributed by atoms with Crippen molar-refractivity contribution in [3.8, 4) is 0 Å². The summed E-state index contributed by atoms with van der Waals surface area (Å²) in [5.41, 5.74) is 7.45. The summed E-state index contributed by atoms with van der Waals surface area (Å²) in [6.07, 6.45) is 1.77. The smallest absolute Gasteiger partial charge is 0.250 e. The molecule has 0 spiro atoms. The molecule has 0 saturated carbocycles. The van der Waals surface area contributed by atoms with Crippen LogP contribution in [0, 0.1) is 12.3 Å². The van der Waals surface area contributed by atoms with Gasteiger partial charge in [0.15, 0.2) is 0 Å². The van der Waals surface area contributed by atoms with Gasteiger partial charge in [0.1, 0.15) is 0 Å². The Morgan fingerprint density at radius 2 is 1.83 bits per heavy atom. The lowest BCUT2D eigenvalue weighted by Crippen LogP contribution is -2.37. The van der Waals surface area contributed by atoms with Gasteiger partial charge in [-0.15, -0.1) is 0 Å². The third-order valence-corrected chi connectivity index (χ3v) is 3.76. The second-order valence-corrected chi connectivity index (χ2v) is 6.41. The number of nitrogens with zero attached hydrogens (tertiary/aromatic N) is 1. The molecule has 0 aliphatic rings. The molecule has 3 N–H and O–H groups in total. The van der Waals surface area contributed by atoms with Gasteiger partial charge < -0.3 is 15.6 Å². The Balaban J connectivity index is 2.12. The third kappa shape index (κ3) is 4.29. The van der Waals surface area contributed by atoms with E-state index < -0.39 is 5.41 Å². The Bertz CT molecular complexity index is 746. The first-order valence-electron chi connectivity index (χ1n) is 7.59. The van der Waals surface area contributed by atoms with Gasteiger partial charge in [-0.3, -0.25) is 9.59 Å². The molecule has 122 valence electrons. The van der Waals surface area contributed by atoms with E-state index in [1.807, 2.05) is 45.0 Å². The molecule has 1 heterocycles. The molecule has 0 radical (unpaired) electrons. The van der Waals surface area contributed by atoms with Crippen molar-refractivity contribution in [1.82, 2.24) is 4.57 Å². The quantitative estimate of drug-likeness (QED) is 0.889. The van der Waals surface area contributed by atoms with Crippen LogP contribution in [0.5, 0.6) is 0 Å². The summed E-state index contributed by atoms with van der Waals surface area (Å²) < 4.78 is 1.58. The SMILES string of the molecule is Cc1ccc(=O)n(CC(C)(C)C(=O)Nc2ccc(CN)cc2)c1. The van der Waals surface area contributed by atoms with Gasteiger partial charge in [-0.1, -0.05) is 18.2 Å². The summed E-state index contributed by atoms with van der Waals surface area (Å²) in [6, 6.07) is 10.7. The number of nitrogens with two attached hydrogens (primary N) is 1. The molecule has 1 aromatic heterocycles. The average molecular weight is 313 g/mol. The molecule has 0 bridgehead atoms. The van der Waals surface area contributed by atoms with E-state index in [2.05, 4.69) is 5.32 Å². The molecule has 0 aliphatic carbocycles. The number of carbonyl (C=O) groups is 1. The molecular weight excluding hydrogens is 290 g/mol. The van der Waals surface area contributed by atoms with Crippen molar-refractivity contribution in [2.45, 2.75) is 33.9 Å². The van der Waals surface area contributed by atoms with Gasteiger partial charge in [-0.25, -0.2) is 0 Å². The van der Waals surface area contributed by atoms with Crippen LogP contribution in [0.2, 0.25) is 0 Å². The Kier molecular flexibility index (Phi) is 5.01. The minimum Gasteiger partial charge on any atom is -0.326 e. The highest BCUT2D eigenvalue weighted by Crippen LogP contribution is 2.21. The molecule has 0 aliphatic heterocycles. The van der Waals surface area contributed by atoms with Gasteiger partial charge in [-0.05, 0) is 44.0 Å². The molecule has 23 heavy (non-hydrogen) atoms. The molecule has 5 nitrogen and oxygen atoms in total. The van der Waals surface area contributed by atoms with Crippen LogP contribution in [0.15, 0.2) is 47.4 Å². The highest BCUT2D eigenvalue weighted by Gasteiger charge is 2.28. The van der Waals surface area contributed by atoms with E-state index in [9.17, 15) is 9.59 Å². The second kappa shape index (κ2) is 6.79. The fraction of sp³-hybridized carbons (Fsp3) is 0.333. The summed E-state index contributed by atoms with van der Waals surface area (Å²) in [7, 11) is 0. The van der Waals surface area contributed by atoms with Gasteiger partial charge in [0, 0.05) is 31.0 Å². The first-order valence-corrected chi connectivity index (χ1v) is 7.59. The van der Waals surface area contributed by atoms with Crippen LogP contribution >= 0.6 is 0 Å². The number of carbonyl (C=O) groups excluding carboxylic acids is 1. The monoisotopic (exact) mass is 313 g/mol. The van der Waals surface area contributed by atoms with Crippen LogP contribution in [-0.2, 0) is 17.9 Å². The van der Waals surface area contributed by atoms with E-state index in [0.29, 0.717) is 13.1 Å². The number of aryl methyl sites for hydroxylation is 1. The number of pyridine rings is 1. The Labute approximate surface area is 136 Å². The van der Waals surface area contributed by atoms with Crippen molar-refractivity contribution < 1.29 is 4.79 Å². The van der Waals surface area contributed by atoms with Crippen molar-refractivity contribution >= 4 is 11.6 Å². The van der Waals surface area contributed by atoms with E-state index in [1.165, 1.54) is 6.07 Å². The maximum absolute atomic E-state index is 12.5. The number of rotatable bonds is 5. The lowest BCUT2D eigenvalue weighted by Gasteiger charge is -2.24. The van der Waals surface area contributed by atoms with E-state index in [-0.39, 0.29) is 11.5 Å². The topological polar surface area (TPSA) is 77.1 Å². The zero-order chi connectivity index (χ0) is 17.0. The Morgan fingerprint density at radius 1 is 1.17 bits per heavy atom. The lowest BCUT2D eigenvalue weighted by molar-refractivity contribution is -0.124. The van der Waals surface area contributed by atoms with Gasteiger partial charge in [0.2, 0.25) is 5.91 Å². The van der Waals surface area contributed by atoms with Crippen LogP contribution in [0.25, 0.3) is 0 Å². The zero-order valence-electron chi connectivity index (χ0n) is 13.8. The molecule has 1 amide bonds. The number of hydrogen-bond donors (Lipinski definition) is 2. The molecule has 2 rings (SSSR count). The molecule has 1 aromatic carbocycles. The predicted molar refractivity (Wildman–Crippen MR) is 92.2 cm³/mol. The van der Waals surface area contributed by atoms with Gasteiger partial charge in [0.25, 0.3) is 5.56 Å². The van der Waals surface area contributed by atoms with Gasteiger partial charge in [-0.2, -0.15) is 0 Å². The van der Waals surface area contributed by atoms with Crippen molar-refractivity contribution in [1.29, 1.82) is 0 Å². The summed E-state index contributed by atoms with van der Waals surface area (Å²) in [6.45, 7) is 6.36. The number of benzene rings is 1. The number of amides is 1. The average Bonchev–Trinajstić information content (AvgIpc) is 2.51. The van der Waals surface area contributed by atoms with E-state index >= 15 is 0 Å². The highest BCUT2D eigenvalue weighted by atomic mass is 16.2. The van der Waals surface area contributed by atoms with Crippen molar-refractivity contribution in [2.75, 3.05) is 5.32 Å². The van der Waals surface area contributed by atoms with Crippen LogP contribution in [0.3, 0.4) is 0 Å². The first-order chi connectivity index (χ1) is 10.8. The van der Waals surface area contributed by atoms with Crippen molar-refractivity contribution in [3.05, 3.63) is 64.1 Å². The molecule has 5 heteroatoms. The molecule has 0 unspecified atom stereocenters. The van der Waals surface area contributed by atoms with E-state index in [1.54, 1.807) is 16.8 Å². The maximum Gasteiger partial charge on any atom is 0.250 e. The predicted octanol–water partition coefficient (Wildman–Crippen LogP) is 2.28. The fourth-order valence-electron chi connectivity index (χ4n) is 2.30. The first kappa shape index (κ1) is 17.0. The van der Waals surface area contributed by atoms with Crippen LogP contribution in [-0.4, -0.2) is 10.5 Å². The minimum atomic E-state index is -0.718. The summed E-state index contributed by atoms with van der Waals surface area (Å²) in [4.78, 5) is 24.5. The van der Waals surface area contributed by atoms with E-state index in [4.69, 9.17) is 5.73 Å². The third-order valence-electron chi connectivity index (χ3n) is 3.76. The second-order valence-electron chi connectivity index (χ2n) is 6.41. The lowest BCUT2D eigenvalue weighted by atomic mass is 9.91. The van der Waals surface area contributed by atoms with Gasteiger partial charge in [0.05, 0.1) is 5.41 Å². The summed E-state index contributed by atoms with van der Waals surface area (Å²) in [5.74, 6) is -0.133. The minimum absolute atomic E-state index is 0.108. The molecule has 0 atom stereocenters. The summed E-state index contributed by atoms with van der Waals surface area (Å²) in [5, 5.41) is 2.89. The number of aromatic nitrogens is 1. The van der Waals surface area contributed by atoms with Crippen LogP contribution in [0.1, 0.15) is 25.0 Å². The maximum atomic E-state index is 12.5. The van der Waals surface area contributed by atoms with Crippen LogP contribution in [0.4, 0.5) is 5.69 Å². The molecule has 2 aromatic rings. The van der Waals surface area contributed by atoms with Crippen molar-refractivity contribution in [3.63, 3.8) is 0 Å². The Morgan fingerprint density at radius 3 is 2.43 bits per heavy atom. The molecular formula is C18H23N3O2. The summed E-state index contributed by atoms with van der Waals surface area (Å²) >= 11 is 0. The largest absolute Gasteiger partial charge is 0.326 e. The van der Waals surface area contributed by atoms with E-state index in [0.717, 1.165) is 16.8 Å². The van der Waals surface area contributed by atoms with Crippen LogP contribution < -0.4 is 16.6 Å². The molecule has 0 saturated heterocycles. The van der Waals surface area contributed by atoms with Crippen molar-refractivity contribution in [2.24, 2.45) is 11.1 Å². The fourth-order valence-corrected chi connectivity index (χ4v) is 2.30. The Hall–Kier alpha value is -2.40.